The highest BCUT2D eigenvalue weighted by Crippen LogP contribution is 2.23. The number of ether oxygens (including phenoxy) is 3. The molecule has 0 bridgehead atoms. The van der Waals surface area contributed by atoms with Crippen LogP contribution in [0.15, 0.2) is 24.3 Å². The van der Waals surface area contributed by atoms with Crippen molar-refractivity contribution in [3.05, 3.63) is 24.3 Å². The zero-order valence-corrected chi connectivity index (χ0v) is 14.2. The highest BCUT2D eigenvalue weighted by molar-refractivity contribution is 5.81. The van der Waals surface area contributed by atoms with Crippen LogP contribution < -0.4 is 14.8 Å². The number of nitrogens with one attached hydrogen (secondary N) is 1. The third-order valence-electron chi connectivity index (χ3n) is 4.24. The molecule has 0 saturated heterocycles. The second kappa shape index (κ2) is 9.15. The van der Waals surface area contributed by atoms with E-state index in [0.29, 0.717) is 17.4 Å². The van der Waals surface area contributed by atoms with E-state index in [4.69, 9.17) is 14.2 Å². The van der Waals surface area contributed by atoms with Crippen molar-refractivity contribution in [1.29, 1.82) is 0 Å². The molecule has 1 saturated carbocycles. The van der Waals surface area contributed by atoms with E-state index in [1.807, 2.05) is 0 Å². The molecular formula is C18H25NO5. The molecule has 6 heteroatoms. The van der Waals surface area contributed by atoms with Gasteiger partial charge in [-0.25, -0.2) is 4.79 Å². The van der Waals surface area contributed by atoms with Gasteiger partial charge in [-0.15, -0.1) is 0 Å². The van der Waals surface area contributed by atoms with Gasteiger partial charge in [0.2, 0.25) is 0 Å². The molecule has 6 nitrogen and oxygen atoms in total. The molecule has 0 aromatic heterocycles. The molecule has 2 rings (SSSR count). The highest BCUT2D eigenvalue weighted by atomic mass is 16.6. The number of hydrogen-bond acceptors (Lipinski definition) is 5. The van der Waals surface area contributed by atoms with E-state index in [1.165, 1.54) is 6.42 Å². The van der Waals surface area contributed by atoms with Gasteiger partial charge in [0.15, 0.2) is 13.2 Å². The molecule has 1 aliphatic carbocycles. The van der Waals surface area contributed by atoms with Crippen LogP contribution in [0, 0.1) is 5.92 Å². The van der Waals surface area contributed by atoms with Crippen molar-refractivity contribution in [2.24, 2.45) is 5.92 Å². The van der Waals surface area contributed by atoms with Crippen LogP contribution >= 0.6 is 0 Å². The van der Waals surface area contributed by atoms with Crippen LogP contribution in [0.5, 0.6) is 11.5 Å². The van der Waals surface area contributed by atoms with Crippen LogP contribution in [0.1, 0.15) is 32.6 Å². The minimum absolute atomic E-state index is 0.181. The molecule has 0 aliphatic heterocycles. The van der Waals surface area contributed by atoms with E-state index in [1.54, 1.807) is 31.4 Å². The highest BCUT2D eigenvalue weighted by Gasteiger charge is 2.23. The Balaban J connectivity index is 1.65. The van der Waals surface area contributed by atoms with Crippen molar-refractivity contribution >= 4 is 11.9 Å². The molecule has 0 spiro atoms. The van der Waals surface area contributed by atoms with Crippen LogP contribution in [0.3, 0.4) is 0 Å². The summed E-state index contributed by atoms with van der Waals surface area (Å²) in [6, 6.07) is 7.05. The fourth-order valence-corrected chi connectivity index (χ4v) is 2.78. The van der Waals surface area contributed by atoms with E-state index in [0.717, 1.165) is 19.3 Å². The molecule has 0 radical (unpaired) electrons. The smallest absolute Gasteiger partial charge is 0.344 e. The van der Waals surface area contributed by atoms with Crippen molar-refractivity contribution < 1.29 is 23.8 Å². The summed E-state index contributed by atoms with van der Waals surface area (Å²) in [7, 11) is 1.58. The lowest BCUT2D eigenvalue weighted by Crippen LogP contribution is -2.43. The van der Waals surface area contributed by atoms with Crippen LogP contribution in [0.4, 0.5) is 0 Å². The Hall–Kier alpha value is -2.24. The monoisotopic (exact) mass is 335 g/mol. The largest absolute Gasteiger partial charge is 0.497 e. The van der Waals surface area contributed by atoms with Crippen LogP contribution in [0.25, 0.3) is 0 Å². The minimum atomic E-state index is -0.572. The zero-order valence-electron chi connectivity index (χ0n) is 14.2. The van der Waals surface area contributed by atoms with Crippen molar-refractivity contribution in [2.45, 2.75) is 38.6 Å². The van der Waals surface area contributed by atoms with E-state index in [2.05, 4.69) is 12.2 Å². The van der Waals surface area contributed by atoms with Gasteiger partial charge in [-0.1, -0.05) is 19.8 Å². The summed E-state index contributed by atoms with van der Waals surface area (Å²) < 4.78 is 15.3. The van der Waals surface area contributed by atoms with Gasteiger partial charge in [-0.3, -0.25) is 4.79 Å². The average Bonchev–Trinajstić information content (AvgIpc) is 2.60. The number of hydrogen-bond donors (Lipinski definition) is 1. The molecule has 1 N–H and O–H groups in total. The maximum absolute atomic E-state index is 11.9. The molecule has 1 aromatic rings. The predicted octanol–water partition coefficient (Wildman–Crippen LogP) is 2.31. The van der Waals surface area contributed by atoms with Gasteiger partial charge in [-0.2, -0.15) is 0 Å². The van der Waals surface area contributed by atoms with Gasteiger partial charge in [0.05, 0.1) is 7.11 Å². The summed E-state index contributed by atoms with van der Waals surface area (Å²) in [4.78, 5) is 23.5. The summed E-state index contributed by atoms with van der Waals surface area (Å²) in [6.07, 6.45) is 4.46. The summed E-state index contributed by atoms with van der Waals surface area (Å²) in [5, 5.41) is 2.94. The number of methoxy groups -OCH3 is 1. The molecule has 0 heterocycles. The third kappa shape index (κ3) is 5.76. The third-order valence-corrected chi connectivity index (χ3v) is 4.24. The molecule has 1 amide bonds. The first-order valence-electron chi connectivity index (χ1n) is 8.30. The van der Waals surface area contributed by atoms with Crippen molar-refractivity contribution in [3.63, 3.8) is 0 Å². The Bertz CT molecular complexity index is 543. The molecule has 24 heavy (non-hydrogen) atoms. The lowest BCUT2D eigenvalue weighted by atomic mass is 9.86. The Morgan fingerprint density at radius 3 is 2.42 bits per heavy atom. The van der Waals surface area contributed by atoms with Crippen LogP contribution in [-0.2, 0) is 14.3 Å². The summed E-state index contributed by atoms with van der Waals surface area (Å²) in [5.41, 5.74) is 0. The number of amides is 1. The Labute approximate surface area is 142 Å². The minimum Gasteiger partial charge on any atom is -0.497 e. The number of esters is 1. The molecule has 1 aromatic carbocycles. The first kappa shape index (κ1) is 18.1. The fraction of sp³-hybridized carbons (Fsp3) is 0.556. The lowest BCUT2D eigenvalue weighted by molar-refractivity contribution is -0.150. The second-order valence-corrected chi connectivity index (χ2v) is 6.06. The summed E-state index contributed by atoms with van der Waals surface area (Å²) in [6.45, 7) is 1.63. The molecule has 1 aliphatic rings. The van der Waals surface area contributed by atoms with E-state index in [-0.39, 0.29) is 25.2 Å². The van der Waals surface area contributed by atoms with Crippen LogP contribution in [-0.4, -0.2) is 38.2 Å². The van der Waals surface area contributed by atoms with Gasteiger partial charge < -0.3 is 19.5 Å². The zero-order chi connectivity index (χ0) is 17.4. The van der Waals surface area contributed by atoms with E-state index < -0.39 is 5.97 Å². The number of benzene rings is 1. The van der Waals surface area contributed by atoms with E-state index >= 15 is 0 Å². The molecule has 2 atom stereocenters. The van der Waals surface area contributed by atoms with Crippen molar-refractivity contribution in [2.75, 3.05) is 20.3 Å². The summed E-state index contributed by atoms with van der Waals surface area (Å²) >= 11 is 0. The summed E-state index contributed by atoms with van der Waals surface area (Å²) in [5.74, 6) is 0.882. The molecule has 132 valence electrons. The van der Waals surface area contributed by atoms with Gasteiger partial charge >= 0.3 is 5.97 Å². The Kier molecular flexibility index (Phi) is 6.90. The second-order valence-electron chi connectivity index (χ2n) is 6.06. The Morgan fingerprint density at radius 1 is 1.08 bits per heavy atom. The maximum Gasteiger partial charge on any atom is 0.344 e. The number of carbonyl (C=O) groups excluding carboxylic acids is 2. The lowest BCUT2D eigenvalue weighted by Gasteiger charge is -2.29. The topological polar surface area (TPSA) is 73.9 Å². The van der Waals surface area contributed by atoms with Crippen LogP contribution in [0.2, 0.25) is 0 Å². The quantitative estimate of drug-likeness (QED) is 0.774. The normalized spacial score (nSPS) is 20.1. The molecule has 1 fully saturated rings. The van der Waals surface area contributed by atoms with Gasteiger partial charge in [-0.05, 0) is 43.0 Å². The van der Waals surface area contributed by atoms with Crippen molar-refractivity contribution in [3.8, 4) is 11.5 Å². The first-order valence-corrected chi connectivity index (χ1v) is 8.30. The number of carbonyl (C=O) groups is 2. The SMILES string of the molecule is COc1ccc(OCC(=O)OCC(=O)N[C@H]2CCCC[C@H]2C)cc1. The maximum atomic E-state index is 11.9. The predicted molar refractivity (Wildman–Crippen MR) is 89.0 cm³/mol. The van der Waals surface area contributed by atoms with Gasteiger partial charge in [0, 0.05) is 6.04 Å². The molecule has 0 unspecified atom stereocenters. The van der Waals surface area contributed by atoms with Crippen molar-refractivity contribution in [1.82, 2.24) is 5.32 Å². The fourth-order valence-electron chi connectivity index (χ4n) is 2.78. The van der Waals surface area contributed by atoms with Gasteiger partial charge in [0.1, 0.15) is 11.5 Å². The van der Waals surface area contributed by atoms with E-state index in [9.17, 15) is 9.59 Å². The number of rotatable bonds is 7. The van der Waals surface area contributed by atoms with Gasteiger partial charge in [0.25, 0.3) is 5.91 Å². The standard InChI is InChI=1S/C18H25NO5/c1-13-5-3-4-6-16(13)19-17(20)11-24-18(21)12-23-15-9-7-14(22-2)8-10-15/h7-10,13,16H,3-6,11-12H2,1-2H3,(H,19,20)/t13-,16+/m1/s1. The first-order chi connectivity index (χ1) is 11.6. The Morgan fingerprint density at radius 2 is 1.75 bits per heavy atom. The molecular weight excluding hydrogens is 310 g/mol. The average molecular weight is 335 g/mol.